The molecular formula is C14H13N3O2S. The minimum absolute atomic E-state index is 0.110. The van der Waals surface area contributed by atoms with Gasteiger partial charge in [0.25, 0.3) is 0 Å². The van der Waals surface area contributed by atoms with Crippen molar-refractivity contribution in [1.29, 1.82) is 5.26 Å². The molecule has 1 aromatic carbocycles. The van der Waals surface area contributed by atoms with E-state index in [-0.39, 0.29) is 5.91 Å². The van der Waals surface area contributed by atoms with E-state index in [1.807, 2.05) is 0 Å². The SMILES string of the molecule is CC(=O)Nc1ccc(OCc2nc(C)c(C#N)s2)cc1. The minimum atomic E-state index is -0.110. The van der Waals surface area contributed by atoms with Crippen LogP contribution in [0.15, 0.2) is 24.3 Å². The number of benzene rings is 1. The summed E-state index contributed by atoms with van der Waals surface area (Å²) in [6, 6.07) is 9.19. The second-order valence-electron chi connectivity index (χ2n) is 4.13. The van der Waals surface area contributed by atoms with E-state index >= 15 is 0 Å². The van der Waals surface area contributed by atoms with Crippen LogP contribution in [0.5, 0.6) is 5.75 Å². The number of aryl methyl sites for hydroxylation is 1. The lowest BCUT2D eigenvalue weighted by Crippen LogP contribution is -2.05. The van der Waals surface area contributed by atoms with Crippen LogP contribution in [0, 0.1) is 18.3 Å². The van der Waals surface area contributed by atoms with Gasteiger partial charge in [-0.15, -0.1) is 11.3 Å². The van der Waals surface area contributed by atoms with Crippen LogP contribution < -0.4 is 10.1 Å². The Hall–Kier alpha value is -2.39. The highest BCUT2D eigenvalue weighted by molar-refractivity contribution is 7.12. The molecule has 1 heterocycles. The van der Waals surface area contributed by atoms with Crippen molar-refractivity contribution in [1.82, 2.24) is 4.98 Å². The predicted octanol–water partition coefficient (Wildman–Crippen LogP) is 2.86. The third-order valence-electron chi connectivity index (χ3n) is 2.48. The number of rotatable bonds is 4. The second-order valence-corrected chi connectivity index (χ2v) is 5.21. The quantitative estimate of drug-likeness (QED) is 0.938. The fourth-order valence-electron chi connectivity index (χ4n) is 1.60. The molecule has 5 nitrogen and oxygen atoms in total. The number of carbonyl (C=O) groups excluding carboxylic acids is 1. The van der Waals surface area contributed by atoms with Crippen molar-refractivity contribution in [3.05, 3.63) is 39.8 Å². The van der Waals surface area contributed by atoms with Gasteiger partial charge in [0.1, 0.15) is 28.3 Å². The normalized spacial score (nSPS) is 9.85. The van der Waals surface area contributed by atoms with E-state index in [1.165, 1.54) is 18.3 Å². The number of nitrogens with one attached hydrogen (secondary N) is 1. The van der Waals surface area contributed by atoms with Crippen molar-refractivity contribution in [3.8, 4) is 11.8 Å². The highest BCUT2D eigenvalue weighted by Crippen LogP contribution is 2.20. The Morgan fingerprint density at radius 2 is 2.15 bits per heavy atom. The third-order valence-corrected chi connectivity index (χ3v) is 3.52. The Labute approximate surface area is 120 Å². The van der Waals surface area contributed by atoms with E-state index < -0.39 is 0 Å². The molecule has 0 fully saturated rings. The molecule has 0 aliphatic carbocycles. The number of carbonyl (C=O) groups is 1. The van der Waals surface area contributed by atoms with Crippen LogP contribution in [0.25, 0.3) is 0 Å². The fourth-order valence-corrected chi connectivity index (χ4v) is 2.38. The van der Waals surface area contributed by atoms with Crippen molar-refractivity contribution >= 4 is 22.9 Å². The number of nitriles is 1. The first-order chi connectivity index (χ1) is 9.58. The molecule has 2 aromatic rings. The molecule has 1 amide bonds. The molecule has 0 saturated heterocycles. The van der Waals surface area contributed by atoms with Gasteiger partial charge in [-0.1, -0.05) is 0 Å². The summed E-state index contributed by atoms with van der Waals surface area (Å²) in [5.74, 6) is 0.575. The summed E-state index contributed by atoms with van der Waals surface area (Å²) in [5.41, 5.74) is 1.46. The van der Waals surface area contributed by atoms with Crippen LogP contribution in [0.4, 0.5) is 5.69 Å². The van der Waals surface area contributed by atoms with Crippen LogP contribution in [0.3, 0.4) is 0 Å². The van der Waals surface area contributed by atoms with Crippen molar-refractivity contribution in [2.24, 2.45) is 0 Å². The van der Waals surface area contributed by atoms with Gasteiger partial charge < -0.3 is 10.1 Å². The van der Waals surface area contributed by atoms with E-state index in [4.69, 9.17) is 10.00 Å². The average Bonchev–Trinajstić information content (AvgIpc) is 2.78. The van der Waals surface area contributed by atoms with Gasteiger partial charge in [0, 0.05) is 12.6 Å². The Kier molecular flexibility index (Phi) is 4.33. The van der Waals surface area contributed by atoms with Crippen LogP contribution in [0.1, 0.15) is 22.5 Å². The standard InChI is InChI=1S/C14H13N3O2S/c1-9-13(7-15)20-14(16-9)8-19-12-5-3-11(4-6-12)17-10(2)18/h3-6H,8H2,1-2H3,(H,17,18). The van der Waals surface area contributed by atoms with E-state index in [0.29, 0.717) is 17.2 Å². The Morgan fingerprint density at radius 1 is 1.45 bits per heavy atom. The van der Waals surface area contributed by atoms with E-state index in [1.54, 1.807) is 31.2 Å². The summed E-state index contributed by atoms with van der Waals surface area (Å²) in [6.45, 7) is 3.59. The van der Waals surface area contributed by atoms with Gasteiger partial charge in [-0.05, 0) is 31.2 Å². The van der Waals surface area contributed by atoms with Gasteiger partial charge in [0.15, 0.2) is 0 Å². The van der Waals surface area contributed by atoms with Gasteiger partial charge in [0.2, 0.25) is 5.91 Å². The van der Waals surface area contributed by atoms with Crippen molar-refractivity contribution in [3.63, 3.8) is 0 Å². The summed E-state index contributed by atoms with van der Waals surface area (Å²) in [6.07, 6.45) is 0. The maximum atomic E-state index is 10.9. The highest BCUT2D eigenvalue weighted by atomic mass is 32.1. The number of amides is 1. The molecule has 0 aliphatic heterocycles. The average molecular weight is 287 g/mol. The first-order valence-electron chi connectivity index (χ1n) is 5.95. The van der Waals surface area contributed by atoms with Crippen molar-refractivity contribution < 1.29 is 9.53 Å². The summed E-state index contributed by atoms with van der Waals surface area (Å²) < 4.78 is 5.59. The van der Waals surface area contributed by atoms with E-state index in [0.717, 1.165) is 16.4 Å². The topological polar surface area (TPSA) is 75.0 Å². The van der Waals surface area contributed by atoms with Gasteiger partial charge in [-0.2, -0.15) is 5.26 Å². The molecule has 0 aliphatic rings. The van der Waals surface area contributed by atoms with Crippen LogP contribution in [-0.4, -0.2) is 10.9 Å². The summed E-state index contributed by atoms with van der Waals surface area (Å²) in [7, 11) is 0. The van der Waals surface area contributed by atoms with Crippen molar-refractivity contribution in [2.75, 3.05) is 5.32 Å². The third kappa shape index (κ3) is 3.56. The molecule has 6 heteroatoms. The number of nitrogens with zero attached hydrogens (tertiary/aromatic N) is 2. The van der Waals surface area contributed by atoms with Gasteiger partial charge in [0.05, 0.1) is 5.69 Å². The number of thiazole rings is 1. The molecule has 0 saturated carbocycles. The summed E-state index contributed by atoms with van der Waals surface area (Å²) in [4.78, 5) is 15.8. The number of hydrogen-bond donors (Lipinski definition) is 1. The van der Waals surface area contributed by atoms with Crippen LogP contribution in [-0.2, 0) is 11.4 Å². The van der Waals surface area contributed by atoms with Crippen molar-refractivity contribution in [2.45, 2.75) is 20.5 Å². The zero-order valence-electron chi connectivity index (χ0n) is 11.1. The van der Waals surface area contributed by atoms with Crippen LogP contribution in [0.2, 0.25) is 0 Å². The number of ether oxygens (including phenoxy) is 1. The molecule has 20 heavy (non-hydrogen) atoms. The molecule has 0 atom stereocenters. The number of anilines is 1. The second kappa shape index (κ2) is 6.17. The molecule has 0 bridgehead atoms. The molecule has 0 spiro atoms. The molecule has 0 radical (unpaired) electrons. The molecule has 1 N–H and O–H groups in total. The molecule has 102 valence electrons. The molecular weight excluding hydrogens is 274 g/mol. The van der Waals surface area contributed by atoms with E-state index in [9.17, 15) is 4.79 Å². The lowest BCUT2D eigenvalue weighted by molar-refractivity contribution is -0.114. The lowest BCUT2D eigenvalue weighted by atomic mass is 10.3. The number of aromatic nitrogens is 1. The lowest BCUT2D eigenvalue weighted by Gasteiger charge is -2.05. The van der Waals surface area contributed by atoms with Gasteiger partial charge >= 0.3 is 0 Å². The smallest absolute Gasteiger partial charge is 0.221 e. The monoisotopic (exact) mass is 287 g/mol. The van der Waals surface area contributed by atoms with E-state index in [2.05, 4.69) is 16.4 Å². The zero-order valence-corrected chi connectivity index (χ0v) is 12.0. The zero-order chi connectivity index (χ0) is 14.5. The molecule has 2 rings (SSSR count). The maximum Gasteiger partial charge on any atom is 0.221 e. The summed E-state index contributed by atoms with van der Waals surface area (Å²) >= 11 is 1.34. The first kappa shape index (κ1) is 14.0. The Morgan fingerprint density at radius 3 is 2.70 bits per heavy atom. The number of hydrogen-bond acceptors (Lipinski definition) is 5. The summed E-state index contributed by atoms with van der Waals surface area (Å²) in [5, 5.41) is 12.3. The first-order valence-corrected chi connectivity index (χ1v) is 6.77. The van der Waals surface area contributed by atoms with Crippen LogP contribution >= 0.6 is 11.3 Å². The predicted molar refractivity (Wildman–Crippen MR) is 76.6 cm³/mol. The highest BCUT2D eigenvalue weighted by Gasteiger charge is 2.07. The fraction of sp³-hybridized carbons (Fsp3) is 0.214. The van der Waals surface area contributed by atoms with Gasteiger partial charge in [-0.3, -0.25) is 4.79 Å². The Bertz CT molecular complexity index is 656. The molecule has 1 aromatic heterocycles. The maximum absolute atomic E-state index is 10.9. The molecule has 0 unspecified atom stereocenters. The largest absolute Gasteiger partial charge is 0.486 e. The van der Waals surface area contributed by atoms with Gasteiger partial charge in [-0.25, -0.2) is 4.98 Å². The minimum Gasteiger partial charge on any atom is -0.486 e. The Balaban J connectivity index is 1.96.